The standard InChI is InChI=1S/C20H21ClNO7PS.H2O4S/c1-26-30(25,27-2)29-17(14-4-3-5-15(21)11-14)12-28-16-8-6-13(7-9-16)10-18-19(23)22-20(24)31-18;1-5(2,3)4/h3-9,11,17-18H,10,12H2,1-2H3,(H,22,23,24);(H2,1,2,3,4). The van der Waals surface area contributed by atoms with Crippen molar-refractivity contribution in [1.82, 2.24) is 5.32 Å². The highest BCUT2D eigenvalue weighted by Crippen LogP contribution is 2.51. The number of benzene rings is 2. The molecule has 2 aromatic rings. The Morgan fingerprint density at radius 2 is 1.72 bits per heavy atom. The number of phosphoric acid groups is 1. The molecule has 198 valence electrons. The molecule has 2 aromatic carbocycles. The number of amides is 2. The minimum Gasteiger partial charge on any atom is -0.491 e. The Morgan fingerprint density at radius 3 is 2.22 bits per heavy atom. The zero-order valence-corrected chi connectivity index (χ0v) is 22.2. The summed E-state index contributed by atoms with van der Waals surface area (Å²) in [6, 6.07) is 14.0. The zero-order valence-electron chi connectivity index (χ0n) is 18.9. The van der Waals surface area contributed by atoms with Crippen LogP contribution >= 0.6 is 31.2 Å². The summed E-state index contributed by atoms with van der Waals surface area (Å²) in [7, 11) is -5.97. The fraction of sp³-hybridized carbons (Fsp3) is 0.300. The van der Waals surface area contributed by atoms with Crippen LogP contribution in [0.5, 0.6) is 5.75 Å². The maximum atomic E-state index is 12.5. The van der Waals surface area contributed by atoms with Crippen LogP contribution in [0.3, 0.4) is 0 Å². The second kappa shape index (κ2) is 13.5. The topological polar surface area (TPSA) is 175 Å². The van der Waals surface area contributed by atoms with Crippen LogP contribution in [0.4, 0.5) is 4.79 Å². The van der Waals surface area contributed by atoms with Crippen molar-refractivity contribution < 1.29 is 50.0 Å². The molecule has 1 fully saturated rings. The molecule has 2 unspecified atom stereocenters. The zero-order chi connectivity index (χ0) is 26.9. The number of imide groups is 1. The van der Waals surface area contributed by atoms with Crippen LogP contribution in [-0.4, -0.2) is 54.7 Å². The van der Waals surface area contributed by atoms with Crippen LogP contribution in [0, 0.1) is 0 Å². The quantitative estimate of drug-likeness (QED) is 0.270. The van der Waals surface area contributed by atoms with E-state index in [4.69, 9.17) is 47.4 Å². The highest BCUT2D eigenvalue weighted by molar-refractivity contribution is 8.15. The molecule has 0 saturated carbocycles. The molecular formula is C20H23ClNO11PS2. The predicted molar refractivity (Wildman–Crippen MR) is 132 cm³/mol. The molecule has 3 N–H and O–H groups in total. The molecule has 2 amide bonds. The first-order valence-electron chi connectivity index (χ1n) is 9.90. The number of carbonyl (C=O) groups excluding carboxylic acids is 2. The van der Waals surface area contributed by atoms with Gasteiger partial charge in [0.25, 0.3) is 5.24 Å². The van der Waals surface area contributed by atoms with E-state index in [0.717, 1.165) is 17.3 Å². The second-order valence-corrected chi connectivity index (χ2v) is 11.3. The summed E-state index contributed by atoms with van der Waals surface area (Å²) in [5.74, 6) is 0.265. The van der Waals surface area contributed by atoms with Crippen LogP contribution in [0.25, 0.3) is 0 Å². The number of carbonyl (C=O) groups is 2. The third-order valence-electron chi connectivity index (χ3n) is 4.44. The van der Waals surface area contributed by atoms with Crippen LogP contribution in [0.1, 0.15) is 17.2 Å². The molecule has 1 aliphatic rings. The Balaban J connectivity index is 0.000000830. The number of hydrogen-bond donors (Lipinski definition) is 3. The van der Waals surface area contributed by atoms with E-state index in [0.29, 0.717) is 22.8 Å². The lowest BCUT2D eigenvalue weighted by Crippen LogP contribution is -2.25. The summed E-state index contributed by atoms with van der Waals surface area (Å²) in [6.07, 6.45) is -0.338. The molecule has 1 heterocycles. The molecular weight excluding hydrogens is 561 g/mol. The van der Waals surface area contributed by atoms with Gasteiger partial charge in [-0.3, -0.25) is 37.6 Å². The minimum absolute atomic E-state index is 0.0196. The van der Waals surface area contributed by atoms with Crippen molar-refractivity contribution in [3.63, 3.8) is 0 Å². The fourth-order valence-corrected chi connectivity index (χ4v) is 4.72. The SMILES string of the molecule is COP(=O)(OC)OC(COc1ccc(CC2SC(=O)NC2=O)cc1)c1cccc(Cl)c1.O=S(=O)(O)O. The maximum absolute atomic E-state index is 12.5. The molecule has 36 heavy (non-hydrogen) atoms. The molecule has 1 aliphatic heterocycles. The van der Waals surface area contributed by atoms with Gasteiger partial charge in [-0.15, -0.1) is 0 Å². The maximum Gasteiger partial charge on any atom is 0.474 e. The van der Waals surface area contributed by atoms with Gasteiger partial charge in [0.1, 0.15) is 18.5 Å². The third-order valence-corrected chi connectivity index (χ3v) is 7.06. The first-order valence-corrected chi connectivity index (χ1v) is 14.0. The highest BCUT2D eigenvalue weighted by Gasteiger charge is 2.32. The average Bonchev–Trinajstić information content (AvgIpc) is 3.12. The highest BCUT2D eigenvalue weighted by atomic mass is 35.5. The van der Waals surface area contributed by atoms with Crippen LogP contribution in [-0.2, 0) is 39.8 Å². The number of nitrogens with one attached hydrogen (secondary N) is 1. The molecule has 3 rings (SSSR count). The lowest BCUT2D eigenvalue weighted by Gasteiger charge is -2.22. The number of ether oxygens (including phenoxy) is 1. The molecule has 0 aromatic heterocycles. The van der Waals surface area contributed by atoms with Crippen LogP contribution in [0.15, 0.2) is 48.5 Å². The summed E-state index contributed by atoms with van der Waals surface area (Å²) < 4.78 is 65.2. The first kappa shape index (κ1) is 30.2. The second-order valence-electron chi connectivity index (χ2n) is 6.95. The van der Waals surface area contributed by atoms with Crippen LogP contribution < -0.4 is 10.1 Å². The number of phosphoric ester groups is 1. The summed E-state index contributed by atoms with van der Waals surface area (Å²) in [5, 5.41) is 2.00. The van der Waals surface area contributed by atoms with Crippen LogP contribution in [0.2, 0.25) is 5.02 Å². The van der Waals surface area contributed by atoms with Crippen molar-refractivity contribution in [2.24, 2.45) is 0 Å². The predicted octanol–water partition coefficient (Wildman–Crippen LogP) is 4.12. The average molecular weight is 584 g/mol. The summed E-state index contributed by atoms with van der Waals surface area (Å²) >= 11 is 7.06. The molecule has 0 bridgehead atoms. The van der Waals surface area contributed by atoms with Gasteiger partial charge in [0.2, 0.25) is 5.91 Å². The Hall–Kier alpha value is -2.00. The van der Waals surface area contributed by atoms with E-state index in [2.05, 4.69) is 5.32 Å². The van der Waals surface area contributed by atoms with Crippen molar-refractivity contribution in [2.75, 3.05) is 20.8 Å². The van der Waals surface area contributed by atoms with Crippen molar-refractivity contribution in [1.29, 1.82) is 0 Å². The Morgan fingerprint density at radius 1 is 1.11 bits per heavy atom. The van der Waals surface area contributed by atoms with E-state index in [9.17, 15) is 14.2 Å². The molecule has 0 aliphatic carbocycles. The Labute approximate surface area is 216 Å². The summed E-state index contributed by atoms with van der Waals surface area (Å²) in [4.78, 5) is 23.0. The number of thioether (sulfide) groups is 1. The van der Waals surface area contributed by atoms with Gasteiger partial charge >= 0.3 is 18.2 Å². The molecule has 0 spiro atoms. The van der Waals surface area contributed by atoms with Gasteiger partial charge in [-0.2, -0.15) is 8.42 Å². The molecule has 16 heteroatoms. The number of hydrogen-bond acceptors (Lipinski definition) is 10. The molecule has 0 radical (unpaired) electrons. The van der Waals surface area contributed by atoms with Gasteiger partial charge in [-0.1, -0.05) is 47.6 Å². The minimum atomic E-state index is -4.67. The summed E-state index contributed by atoms with van der Waals surface area (Å²) in [6.45, 7) is 0.0196. The number of halogens is 1. The van der Waals surface area contributed by atoms with E-state index < -0.39 is 29.6 Å². The largest absolute Gasteiger partial charge is 0.491 e. The monoisotopic (exact) mass is 583 g/mol. The van der Waals surface area contributed by atoms with Gasteiger partial charge in [0, 0.05) is 19.2 Å². The van der Waals surface area contributed by atoms with Crippen molar-refractivity contribution in [3.8, 4) is 5.75 Å². The first-order chi connectivity index (χ1) is 16.8. The molecule has 1 saturated heterocycles. The van der Waals surface area contributed by atoms with Gasteiger partial charge in [0.15, 0.2) is 0 Å². The third kappa shape index (κ3) is 10.5. The van der Waals surface area contributed by atoms with E-state index in [1.807, 2.05) is 12.1 Å². The number of rotatable bonds is 10. The van der Waals surface area contributed by atoms with Gasteiger partial charge < -0.3 is 4.74 Å². The van der Waals surface area contributed by atoms with E-state index >= 15 is 0 Å². The normalized spacial score (nSPS) is 16.6. The molecule has 2 atom stereocenters. The van der Waals surface area contributed by atoms with E-state index in [1.54, 1.807) is 36.4 Å². The lowest BCUT2D eigenvalue weighted by atomic mass is 10.1. The molecule has 12 nitrogen and oxygen atoms in total. The Bertz CT molecular complexity index is 1190. The Kier molecular flexibility index (Phi) is 11.3. The van der Waals surface area contributed by atoms with Gasteiger partial charge in [-0.05, 0) is 41.8 Å². The fourth-order valence-electron chi connectivity index (χ4n) is 2.85. The van der Waals surface area contributed by atoms with Crippen molar-refractivity contribution >= 4 is 52.7 Å². The van der Waals surface area contributed by atoms with Gasteiger partial charge in [-0.25, -0.2) is 4.57 Å². The van der Waals surface area contributed by atoms with Crippen molar-refractivity contribution in [3.05, 3.63) is 64.7 Å². The van der Waals surface area contributed by atoms with Gasteiger partial charge in [0.05, 0.1) is 5.25 Å². The van der Waals surface area contributed by atoms with Crippen molar-refractivity contribution in [2.45, 2.75) is 17.8 Å². The summed E-state index contributed by atoms with van der Waals surface area (Å²) in [5.41, 5.74) is 1.54. The van der Waals surface area contributed by atoms with E-state index in [1.165, 1.54) is 14.2 Å². The lowest BCUT2D eigenvalue weighted by molar-refractivity contribution is -0.118. The van der Waals surface area contributed by atoms with E-state index in [-0.39, 0.29) is 17.8 Å². The smallest absolute Gasteiger partial charge is 0.474 e.